The zero-order valence-electron chi connectivity index (χ0n) is 16.7. The lowest BCUT2D eigenvalue weighted by atomic mass is 9.84. The summed E-state index contributed by atoms with van der Waals surface area (Å²) in [5.74, 6) is 0.706. The average Bonchev–Trinajstić information content (AvgIpc) is 3.12. The number of aryl methyl sites for hydroxylation is 1. The first-order valence-electron chi connectivity index (χ1n) is 9.96. The lowest BCUT2D eigenvalue weighted by Gasteiger charge is -2.22. The molecule has 1 amide bonds. The highest BCUT2D eigenvalue weighted by Gasteiger charge is 2.29. The van der Waals surface area contributed by atoms with Crippen molar-refractivity contribution in [1.29, 1.82) is 0 Å². The third kappa shape index (κ3) is 3.58. The Kier molecular flexibility index (Phi) is 5.48. The van der Waals surface area contributed by atoms with Gasteiger partial charge in [0.15, 0.2) is 0 Å². The molecule has 2 fully saturated rings. The molecule has 0 spiro atoms. The van der Waals surface area contributed by atoms with Gasteiger partial charge in [0.05, 0.1) is 4.91 Å². The maximum absolute atomic E-state index is 12.3. The molecule has 0 radical (unpaired) electrons. The number of carbonyl (C=O) groups is 1. The molecule has 0 atom stereocenters. The molecule has 3 nitrogen and oxygen atoms in total. The van der Waals surface area contributed by atoms with E-state index in [1.165, 1.54) is 65.7 Å². The van der Waals surface area contributed by atoms with Crippen LogP contribution in [0.2, 0.25) is 0 Å². The molecule has 2 aliphatic rings. The summed E-state index contributed by atoms with van der Waals surface area (Å²) >= 11 is 6.61. The number of carbonyl (C=O) groups excluding carboxylic acids is 1. The lowest BCUT2D eigenvalue weighted by molar-refractivity contribution is -0.121. The number of aromatic nitrogens is 1. The fourth-order valence-corrected chi connectivity index (χ4v) is 5.52. The van der Waals surface area contributed by atoms with Gasteiger partial charge in [0, 0.05) is 24.1 Å². The number of thiocarbonyl (C=S) groups is 1. The van der Waals surface area contributed by atoms with Crippen LogP contribution < -0.4 is 0 Å². The second-order valence-corrected chi connectivity index (χ2v) is 9.50. The van der Waals surface area contributed by atoms with Gasteiger partial charge < -0.3 is 4.57 Å². The third-order valence-corrected chi connectivity index (χ3v) is 7.46. The van der Waals surface area contributed by atoms with E-state index in [0.717, 1.165) is 17.2 Å². The molecule has 1 aliphatic carbocycles. The van der Waals surface area contributed by atoms with Gasteiger partial charge in [-0.25, -0.2) is 0 Å². The largest absolute Gasteiger partial charge is 0.318 e. The fourth-order valence-electron chi connectivity index (χ4n) is 4.35. The highest BCUT2D eigenvalue weighted by molar-refractivity contribution is 8.26. The highest BCUT2D eigenvalue weighted by Crippen LogP contribution is 2.35. The van der Waals surface area contributed by atoms with Crippen LogP contribution in [0.5, 0.6) is 0 Å². The van der Waals surface area contributed by atoms with Crippen molar-refractivity contribution in [3.63, 3.8) is 0 Å². The first-order valence-corrected chi connectivity index (χ1v) is 11.2. The summed E-state index contributed by atoms with van der Waals surface area (Å²) < 4.78 is 2.88. The van der Waals surface area contributed by atoms with Crippen molar-refractivity contribution in [2.45, 2.75) is 51.9 Å². The summed E-state index contributed by atoms with van der Waals surface area (Å²) in [7, 11) is 1.73. The van der Waals surface area contributed by atoms with Crippen LogP contribution in [0.4, 0.5) is 0 Å². The molecule has 1 saturated carbocycles. The van der Waals surface area contributed by atoms with E-state index < -0.39 is 0 Å². The van der Waals surface area contributed by atoms with Crippen molar-refractivity contribution < 1.29 is 4.79 Å². The predicted octanol–water partition coefficient (Wildman–Crippen LogP) is 5.97. The summed E-state index contributed by atoms with van der Waals surface area (Å²) in [6.07, 6.45) is 8.71. The molecule has 146 valence electrons. The molecule has 28 heavy (non-hydrogen) atoms. The quantitative estimate of drug-likeness (QED) is 0.460. The first kappa shape index (κ1) is 19.5. The molecule has 0 bridgehead atoms. The van der Waals surface area contributed by atoms with Crippen LogP contribution in [-0.4, -0.2) is 26.7 Å². The van der Waals surface area contributed by atoms with E-state index in [1.54, 1.807) is 7.05 Å². The number of hydrogen-bond donors (Lipinski definition) is 0. The minimum absolute atomic E-state index is 0.0170. The van der Waals surface area contributed by atoms with Crippen LogP contribution in [0, 0.1) is 13.8 Å². The van der Waals surface area contributed by atoms with Crippen molar-refractivity contribution in [3.8, 4) is 5.69 Å². The Hall–Kier alpha value is -1.85. The van der Waals surface area contributed by atoms with E-state index in [9.17, 15) is 4.79 Å². The standard InChI is InChI=1S/C23H26N2OS2/c1-15-13-19(14-21-22(26)24(3)23(27)28-21)16(2)25(15)20-11-9-18(10-12-20)17-7-5-4-6-8-17/h9-14,17H,4-8H2,1-3H3/b21-14-. The maximum atomic E-state index is 12.3. The number of benzene rings is 1. The highest BCUT2D eigenvalue weighted by atomic mass is 32.2. The number of amides is 1. The summed E-state index contributed by atoms with van der Waals surface area (Å²) in [6, 6.07) is 11.2. The molecule has 5 heteroatoms. The van der Waals surface area contributed by atoms with Crippen molar-refractivity contribution in [3.05, 3.63) is 57.8 Å². The van der Waals surface area contributed by atoms with Crippen LogP contribution in [0.25, 0.3) is 11.8 Å². The monoisotopic (exact) mass is 410 g/mol. The van der Waals surface area contributed by atoms with Crippen LogP contribution in [0.15, 0.2) is 35.2 Å². The second-order valence-electron chi connectivity index (χ2n) is 7.83. The van der Waals surface area contributed by atoms with E-state index in [0.29, 0.717) is 9.23 Å². The summed E-state index contributed by atoms with van der Waals surface area (Å²) in [4.78, 5) is 14.6. The maximum Gasteiger partial charge on any atom is 0.265 e. The SMILES string of the molecule is Cc1cc(/C=C2\SC(=S)N(C)C2=O)c(C)n1-c1ccc(C2CCCCC2)cc1. The number of nitrogens with zero attached hydrogens (tertiary/aromatic N) is 2. The predicted molar refractivity (Wildman–Crippen MR) is 122 cm³/mol. The van der Waals surface area contributed by atoms with Gasteiger partial charge in [0.1, 0.15) is 4.32 Å². The van der Waals surface area contributed by atoms with Gasteiger partial charge in [-0.15, -0.1) is 0 Å². The van der Waals surface area contributed by atoms with Gasteiger partial charge >= 0.3 is 0 Å². The van der Waals surface area contributed by atoms with E-state index >= 15 is 0 Å². The molecule has 2 heterocycles. The molecule has 1 aliphatic heterocycles. The Morgan fingerprint density at radius 1 is 1.11 bits per heavy atom. The van der Waals surface area contributed by atoms with Crippen LogP contribution >= 0.6 is 24.0 Å². The normalized spacial score (nSPS) is 19.8. The zero-order chi connectivity index (χ0) is 19.8. The Labute approximate surface area is 176 Å². The number of likely N-dealkylation sites (N-methyl/N-ethyl adjacent to an activating group) is 1. The first-order chi connectivity index (χ1) is 13.5. The van der Waals surface area contributed by atoms with Crippen LogP contribution in [-0.2, 0) is 4.79 Å². The van der Waals surface area contributed by atoms with Gasteiger partial charge in [0.25, 0.3) is 5.91 Å². The van der Waals surface area contributed by atoms with Crippen molar-refractivity contribution >= 4 is 40.3 Å². The smallest absolute Gasteiger partial charge is 0.265 e. The molecular formula is C23H26N2OS2. The molecule has 1 aromatic heterocycles. The minimum Gasteiger partial charge on any atom is -0.318 e. The fraction of sp³-hybridized carbons (Fsp3) is 0.391. The van der Waals surface area contributed by atoms with E-state index in [2.05, 4.69) is 48.7 Å². The molecule has 1 aromatic carbocycles. The topological polar surface area (TPSA) is 25.2 Å². The van der Waals surface area contributed by atoms with Crippen molar-refractivity contribution in [1.82, 2.24) is 9.47 Å². The molecular weight excluding hydrogens is 384 g/mol. The Morgan fingerprint density at radius 3 is 2.39 bits per heavy atom. The molecule has 1 saturated heterocycles. The van der Waals surface area contributed by atoms with Crippen molar-refractivity contribution in [2.24, 2.45) is 0 Å². The second kappa shape index (κ2) is 7.88. The lowest BCUT2D eigenvalue weighted by Crippen LogP contribution is -2.22. The van der Waals surface area contributed by atoms with Crippen molar-refractivity contribution in [2.75, 3.05) is 7.05 Å². The van der Waals surface area contributed by atoms with E-state index in [1.807, 2.05) is 6.08 Å². The van der Waals surface area contributed by atoms with Crippen LogP contribution in [0.3, 0.4) is 0 Å². The van der Waals surface area contributed by atoms with Gasteiger partial charge in [-0.3, -0.25) is 9.69 Å². The molecule has 0 unspecified atom stereocenters. The average molecular weight is 411 g/mol. The summed E-state index contributed by atoms with van der Waals surface area (Å²) in [5.41, 5.74) is 6.03. The van der Waals surface area contributed by atoms with E-state index in [-0.39, 0.29) is 5.91 Å². The van der Waals surface area contributed by atoms with Gasteiger partial charge in [-0.1, -0.05) is 55.4 Å². The number of thioether (sulfide) groups is 1. The summed E-state index contributed by atoms with van der Waals surface area (Å²) in [5, 5.41) is 0. The van der Waals surface area contributed by atoms with Gasteiger partial charge in [-0.2, -0.15) is 0 Å². The van der Waals surface area contributed by atoms with E-state index in [4.69, 9.17) is 12.2 Å². The molecule has 4 rings (SSSR count). The number of rotatable bonds is 3. The van der Waals surface area contributed by atoms with Gasteiger partial charge in [-0.05, 0) is 68.0 Å². The van der Waals surface area contributed by atoms with Gasteiger partial charge in [0.2, 0.25) is 0 Å². The molecule has 0 N–H and O–H groups in total. The summed E-state index contributed by atoms with van der Waals surface area (Å²) in [6.45, 7) is 4.23. The third-order valence-electron chi connectivity index (χ3n) is 5.97. The Morgan fingerprint density at radius 2 is 1.79 bits per heavy atom. The number of hydrogen-bond acceptors (Lipinski definition) is 3. The van der Waals surface area contributed by atoms with Crippen LogP contribution in [0.1, 0.15) is 60.5 Å². The zero-order valence-corrected chi connectivity index (χ0v) is 18.3. The minimum atomic E-state index is -0.0170. The molecule has 2 aromatic rings. The Bertz CT molecular complexity index is 950. The Balaban J connectivity index is 1.63.